The molecule has 0 N–H and O–H groups in total. The predicted molar refractivity (Wildman–Crippen MR) is 66.5 cm³/mol. The zero-order chi connectivity index (χ0) is 14.3. The van der Waals surface area contributed by atoms with Crippen LogP contribution >= 0.6 is 11.6 Å². The van der Waals surface area contributed by atoms with E-state index >= 15 is 0 Å². The minimum Gasteiger partial charge on any atom is -0.282 e. The molecule has 4 nitrogen and oxygen atoms in total. The molecule has 2 unspecified atom stereocenters. The number of nitrogens with zero attached hydrogens (tertiary/aromatic N) is 4. The van der Waals surface area contributed by atoms with E-state index in [0.717, 1.165) is 0 Å². The SMILES string of the molecule is FC(F)(F)C1CCCC(c2nnc3c(Cl)nccn23)C1. The fraction of sp³-hybridized carbons (Fsp3) is 0.583. The van der Waals surface area contributed by atoms with Gasteiger partial charge in [0, 0.05) is 18.3 Å². The topological polar surface area (TPSA) is 43.1 Å². The summed E-state index contributed by atoms with van der Waals surface area (Å²) in [5, 5.41) is 8.14. The zero-order valence-electron chi connectivity index (χ0n) is 10.4. The number of halogens is 4. The molecule has 2 aromatic heterocycles. The molecule has 20 heavy (non-hydrogen) atoms. The van der Waals surface area contributed by atoms with Crippen LogP contribution in [-0.4, -0.2) is 25.8 Å². The molecular weight excluding hydrogens is 293 g/mol. The van der Waals surface area contributed by atoms with E-state index in [0.29, 0.717) is 24.3 Å². The number of alkyl halides is 3. The first kappa shape index (κ1) is 13.6. The predicted octanol–water partition coefficient (Wildman–Crippen LogP) is 3.61. The van der Waals surface area contributed by atoms with Crippen molar-refractivity contribution >= 4 is 17.2 Å². The van der Waals surface area contributed by atoms with Crippen molar-refractivity contribution in [2.45, 2.75) is 37.8 Å². The summed E-state index contributed by atoms with van der Waals surface area (Å²) in [4.78, 5) is 3.88. The minimum absolute atomic E-state index is 0.0598. The van der Waals surface area contributed by atoms with Crippen LogP contribution in [0.3, 0.4) is 0 Å². The van der Waals surface area contributed by atoms with Crippen molar-refractivity contribution in [1.82, 2.24) is 19.6 Å². The maximum Gasteiger partial charge on any atom is 0.391 e. The van der Waals surface area contributed by atoms with Crippen LogP contribution in [0.2, 0.25) is 5.15 Å². The van der Waals surface area contributed by atoms with E-state index in [1.807, 2.05) is 0 Å². The van der Waals surface area contributed by atoms with Gasteiger partial charge in [-0.1, -0.05) is 18.0 Å². The molecule has 108 valence electrons. The van der Waals surface area contributed by atoms with E-state index in [1.165, 1.54) is 6.20 Å². The first-order valence-corrected chi connectivity index (χ1v) is 6.76. The van der Waals surface area contributed by atoms with Gasteiger partial charge in [-0.25, -0.2) is 4.98 Å². The van der Waals surface area contributed by atoms with E-state index in [4.69, 9.17) is 11.6 Å². The summed E-state index contributed by atoms with van der Waals surface area (Å²) < 4.78 is 40.2. The normalized spacial score (nSPS) is 24.2. The van der Waals surface area contributed by atoms with Crippen molar-refractivity contribution in [3.05, 3.63) is 23.4 Å². The van der Waals surface area contributed by atoms with Gasteiger partial charge in [0.25, 0.3) is 0 Å². The van der Waals surface area contributed by atoms with E-state index in [-0.39, 0.29) is 23.9 Å². The summed E-state index contributed by atoms with van der Waals surface area (Å²) in [7, 11) is 0. The van der Waals surface area contributed by atoms with Gasteiger partial charge in [-0.2, -0.15) is 13.2 Å². The van der Waals surface area contributed by atoms with Crippen molar-refractivity contribution in [3.63, 3.8) is 0 Å². The molecule has 1 aliphatic carbocycles. The molecule has 1 aliphatic rings. The molecule has 0 aliphatic heterocycles. The number of rotatable bonds is 1. The third kappa shape index (κ3) is 2.34. The second kappa shape index (κ2) is 4.87. The van der Waals surface area contributed by atoms with Gasteiger partial charge in [0.2, 0.25) is 0 Å². The van der Waals surface area contributed by atoms with Gasteiger partial charge in [-0.3, -0.25) is 4.40 Å². The van der Waals surface area contributed by atoms with Crippen molar-refractivity contribution in [2.75, 3.05) is 0 Å². The standard InChI is InChI=1S/C12H12ClF3N4/c13-9-11-19-18-10(20(11)5-4-17-9)7-2-1-3-8(6-7)12(14,15)16/h4-5,7-8H,1-3,6H2. The fourth-order valence-electron chi connectivity index (χ4n) is 2.81. The highest BCUT2D eigenvalue weighted by atomic mass is 35.5. The van der Waals surface area contributed by atoms with Crippen LogP contribution < -0.4 is 0 Å². The molecule has 3 rings (SSSR count). The Morgan fingerprint density at radius 1 is 1.25 bits per heavy atom. The van der Waals surface area contributed by atoms with Crippen LogP contribution in [0.5, 0.6) is 0 Å². The van der Waals surface area contributed by atoms with Gasteiger partial charge in [0.05, 0.1) is 5.92 Å². The van der Waals surface area contributed by atoms with E-state index in [1.54, 1.807) is 10.6 Å². The van der Waals surface area contributed by atoms with E-state index < -0.39 is 12.1 Å². The third-order valence-electron chi connectivity index (χ3n) is 3.81. The summed E-state index contributed by atoms with van der Waals surface area (Å²) >= 11 is 5.90. The quantitative estimate of drug-likeness (QED) is 0.808. The monoisotopic (exact) mass is 304 g/mol. The number of hydrogen-bond donors (Lipinski definition) is 0. The van der Waals surface area contributed by atoms with Crippen molar-refractivity contribution < 1.29 is 13.2 Å². The first-order chi connectivity index (χ1) is 9.47. The largest absolute Gasteiger partial charge is 0.391 e. The van der Waals surface area contributed by atoms with Crippen molar-refractivity contribution in [1.29, 1.82) is 0 Å². The first-order valence-electron chi connectivity index (χ1n) is 6.38. The van der Waals surface area contributed by atoms with Gasteiger partial charge >= 0.3 is 6.18 Å². The highest BCUT2D eigenvalue weighted by Gasteiger charge is 2.43. The van der Waals surface area contributed by atoms with Crippen LogP contribution in [0.4, 0.5) is 13.2 Å². The van der Waals surface area contributed by atoms with Crippen molar-refractivity contribution in [2.24, 2.45) is 5.92 Å². The van der Waals surface area contributed by atoms with Crippen LogP contribution in [0.25, 0.3) is 5.65 Å². The van der Waals surface area contributed by atoms with Crippen molar-refractivity contribution in [3.8, 4) is 0 Å². The van der Waals surface area contributed by atoms with Gasteiger partial charge in [-0.15, -0.1) is 10.2 Å². The minimum atomic E-state index is -4.14. The summed E-state index contributed by atoms with van der Waals surface area (Å²) in [5.74, 6) is -0.965. The molecule has 2 heterocycles. The molecule has 2 atom stereocenters. The Morgan fingerprint density at radius 3 is 2.80 bits per heavy atom. The number of fused-ring (bicyclic) bond motifs is 1. The Labute approximate surface area is 118 Å². The molecule has 0 amide bonds. The highest BCUT2D eigenvalue weighted by Crippen LogP contribution is 2.43. The fourth-order valence-corrected chi connectivity index (χ4v) is 3.00. The maximum absolute atomic E-state index is 12.9. The second-order valence-electron chi connectivity index (χ2n) is 5.07. The molecule has 0 spiro atoms. The van der Waals surface area contributed by atoms with Gasteiger partial charge in [-0.05, 0) is 19.3 Å². The molecule has 2 aromatic rings. The molecule has 0 bridgehead atoms. The van der Waals surface area contributed by atoms with Gasteiger partial charge < -0.3 is 0 Å². The van der Waals surface area contributed by atoms with Gasteiger partial charge in [0.1, 0.15) is 5.82 Å². The molecular formula is C12H12ClF3N4. The second-order valence-corrected chi connectivity index (χ2v) is 5.43. The summed E-state index contributed by atoms with van der Waals surface area (Å²) in [6, 6.07) is 0. The van der Waals surface area contributed by atoms with E-state index in [2.05, 4.69) is 15.2 Å². The number of aromatic nitrogens is 4. The Kier molecular flexibility index (Phi) is 3.32. The average Bonchev–Trinajstić information content (AvgIpc) is 2.83. The lowest BCUT2D eigenvalue weighted by Gasteiger charge is -2.29. The Hall–Kier alpha value is -1.37. The zero-order valence-corrected chi connectivity index (χ0v) is 11.2. The third-order valence-corrected chi connectivity index (χ3v) is 4.08. The molecule has 0 aromatic carbocycles. The van der Waals surface area contributed by atoms with Crippen LogP contribution in [0.1, 0.15) is 37.4 Å². The smallest absolute Gasteiger partial charge is 0.282 e. The van der Waals surface area contributed by atoms with Crippen LogP contribution in [-0.2, 0) is 0 Å². The highest BCUT2D eigenvalue weighted by molar-refractivity contribution is 6.32. The Morgan fingerprint density at radius 2 is 2.05 bits per heavy atom. The Balaban J connectivity index is 1.93. The lowest BCUT2D eigenvalue weighted by atomic mass is 9.80. The molecule has 1 saturated carbocycles. The molecule has 8 heteroatoms. The molecule has 0 saturated heterocycles. The van der Waals surface area contributed by atoms with E-state index in [9.17, 15) is 13.2 Å². The van der Waals surface area contributed by atoms with Gasteiger partial charge in [0.15, 0.2) is 10.8 Å². The lowest BCUT2D eigenvalue weighted by molar-refractivity contribution is -0.183. The summed E-state index contributed by atoms with van der Waals surface area (Å²) in [5.41, 5.74) is 0.387. The van der Waals surface area contributed by atoms with Crippen LogP contribution in [0, 0.1) is 5.92 Å². The van der Waals surface area contributed by atoms with Crippen LogP contribution in [0.15, 0.2) is 12.4 Å². The molecule has 1 fully saturated rings. The summed E-state index contributed by atoms with van der Waals surface area (Å²) in [6.45, 7) is 0. The maximum atomic E-state index is 12.9. The average molecular weight is 305 g/mol. The Bertz CT molecular complexity index is 625. The lowest BCUT2D eigenvalue weighted by Crippen LogP contribution is -2.28. The number of hydrogen-bond acceptors (Lipinski definition) is 3. The summed E-state index contributed by atoms with van der Waals surface area (Å²) in [6.07, 6.45) is 0.470. The molecule has 0 radical (unpaired) electrons.